The fraction of sp³-hybridized carbons (Fsp3) is 0.500. The normalized spacial score (nSPS) is 11.1. The number of allylic oxidation sites excluding steroid dienone is 1. The Hall–Kier alpha value is -2.03. The van der Waals surface area contributed by atoms with Gasteiger partial charge in [-0.3, -0.25) is 4.79 Å². The number of imide groups is 1. The van der Waals surface area contributed by atoms with Crippen LogP contribution in [0, 0.1) is 11.3 Å². The zero-order valence-electron chi connectivity index (χ0n) is 9.48. The quantitative estimate of drug-likeness (QED) is 0.444. The molecule has 0 aromatic carbocycles. The van der Waals surface area contributed by atoms with Crippen LogP contribution in [0.15, 0.2) is 11.3 Å². The van der Waals surface area contributed by atoms with Gasteiger partial charge in [0.2, 0.25) is 0 Å². The molecule has 0 aromatic heterocycles. The van der Waals surface area contributed by atoms with Crippen LogP contribution < -0.4 is 0 Å². The number of hydrogen-bond acceptors (Lipinski definition) is 4. The maximum atomic E-state index is 11.6. The summed E-state index contributed by atoms with van der Waals surface area (Å²) < 4.78 is 5.01. The topological polar surface area (TPSA) is 90.6 Å². The second-order valence-electron chi connectivity index (χ2n) is 2.81. The monoisotopic (exact) mass is 226 g/mol. The first-order chi connectivity index (χ1) is 7.49. The molecule has 0 saturated heterocycles. The Labute approximate surface area is 93.7 Å². The molecule has 0 fully saturated rings. The van der Waals surface area contributed by atoms with Gasteiger partial charge in [0.15, 0.2) is 5.57 Å². The van der Waals surface area contributed by atoms with Crippen LogP contribution in [0.1, 0.15) is 20.8 Å². The Morgan fingerprint density at radius 3 is 2.31 bits per heavy atom. The molecule has 1 N–H and O–H groups in total. The minimum atomic E-state index is -1.38. The zero-order chi connectivity index (χ0) is 12.7. The highest BCUT2D eigenvalue weighted by atomic mass is 16.5. The van der Waals surface area contributed by atoms with Crippen molar-refractivity contribution in [3.8, 4) is 6.07 Å². The molecule has 0 rings (SSSR count). The SMILES string of the molecule is CCO/C(C)=C(/C#N)C(=O)N(CC)C(=O)O. The highest BCUT2D eigenvalue weighted by Gasteiger charge is 2.24. The van der Waals surface area contributed by atoms with Crippen LogP contribution in [0.4, 0.5) is 4.79 Å². The fourth-order valence-corrected chi connectivity index (χ4v) is 1.07. The molecule has 6 heteroatoms. The number of likely N-dealkylation sites (N-methyl/N-ethyl adjacent to an activating group) is 1. The van der Waals surface area contributed by atoms with E-state index in [2.05, 4.69) is 0 Å². The predicted molar refractivity (Wildman–Crippen MR) is 55.4 cm³/mol. The molecule has 0 bridgehead atoms. The Balaban J connectivity index is 5.14. The molecular weight excluding hydrogens is 212 g/mol. The van der Waals surface area contributed by atoms with Crippen LogP contribution in [0.2, 0.25) is 0 Å². The van der Waals surface area contributed by atoms with Crippen molar-refractivity contribution < 1.29 is 19.4 Å². The average molecular weight is 226 g/mol. The Morgan fingerprint density at radius 2 is 2.00 bits per heavy atom. The van der Waals surface area contributed by atoms with Gasteiger partial charge in [-0.25, -0.2) is 9.69 Å². The van der Waals surface area contributed by atoms with Crippen molar-refractivity contribution in [2.45, 2.75) is 20.8 Å². The first-order valence-corrected chi connectivity index (χ1v) is 4.78. The van der Waals surface area contributed by atoms with E-state index in [1.54, 1.807) is 13.0 Å². The smallest absolute Gasteiger partial charge is 0.414 e. The maximum Gasteiger partial charge on any atom is 0.414 e. The van der Waals surface area contributed by atoms with Crippen molar-refractivity contribution >= 4 is 12.0 Å². The number of carboxylic acid groups (broad SMARTS) is 1. The standard InChI is InChI=1S/C10H14N2O4/c1-4-12(10(14)15)9(13)8(6-11)7(3)16-5-2/h4-5H2,1-3H3,(H,14,15)/b8-7-. The van der Waals surface area contributed by atoms with Crippen LogP contribution in [-0.2, 0) is 9.53 Å². The summed E-state index contributed by atoms with van der Waals surface area (Å²) in [5, 5.41) is 17.5. The minimum Gasteiger partial charge on any atom is -0.497 e. The van der Waals surface area contributed by atoms with Crippen molar-refractivity contribution in [2.24, 2.45) is 0 Å². The van der Waals surface area contributed by atoms with Crippen molar-refractivity contribution in [1.82, 2.24) is 4.90 Å². The molecule has 0 aliphatic heterocycles. The van der Waals surface area contributed by atoms with Gasteiger partial charge in [0.1, 0.15) is 11.8 Å². The molecule has 0 radical (unpaired) electrons. The van der Waals surface area contributed by atoms with E-state index in [9.17, 15) is 9.59 Å². The van der Waals surface area contributed by atoms with Crippen LogP contribution in [0.3, 0.4) is 0 Å². The zero-order valence-corrected chi connectivity index (χ0v) is 9.48. The van der Waals surface area contributed by atoms with E-state index < -0.39 is 12.0 Å². The van der Waals surface area contributed by atoms with E-state index in [-0.39, 0.29) is 17.9 Å². The predicted octanol–water partition coefficient (Wildman–Crippen LogP) is 1.35. The maximum absolute atomic E-state index is 11.6. The van der Waals surface area contributed by atoms with Gasteiger partial charge in [-0.2, -0.15) is 5.26 Å². The molecule has 6 nitrogen and oxygen atoms in total. The van der Waals surface area contributed by atoms with Crippen molar-refractivity contribution in [2.75, 3.05) is 13.2 Å². The lowest BCUT2D eigenvalue weighted by molar-refractivity contribution is -0.124. The van der Waals surface area contributed by atoms with Gasteiger partial charge in [0.05, 0.1) is 6.61 Å². The van der Waals surface area contributed by atoms with E-state index >= 15 is 0 Å². The molecule has 88 valence electrons. The van der Waals surface area contributed by atoms with Crippen molar-refractivity contribution in [1.29, 1.82) is 5.26 Å². The van der Waals surface area contributed by atoms with Gasteiger partial charge < -0.3 is 9.84 Å². The number of ether oxygens (including phenoxy) is 1. The van der Waals surface area contributed by atoms with E-state index in [1.807, 2.05) is 0 Å². The molecular formula is C10H14N2O4. The van der Waals surface area contributed by atoms with Crippen LogP contribution in [-0.4, -0.2) is 35.2 Å². The molecule has 0 saturated carbocycles. The summed E-state index contributed by atoms with van der Waals surface area (Å²) in [6.45, 7) is 4.96. The summed E-state index contributed by atoms with van der Waals surface area (Å²) >= 11 is 0. The van der Waals surface area contributed by atoms with Gasteiger partial charge >= 0.3 is 6.09 Å². The van der Waals surface area contributed by atoms with Gasteiger partial charge in [-0.1, -0.05) is 0 Å². The molecule has 0 unspecified atom stereocenters. The van der Waals surface area contributed by atoms with E-state index in [0.29, 0.717) is 11.5 Å². The molecule has 0 heterocycles. The summed E-state index contributed by atoms with van der Waals surface area (Å²) in [5.74, 6) is -0.724. The number of carbonyl (C=O) groups is 2. The Kier molecular flexibility index (Phi) is 5.63. The molecule has 0 aromatic rings. The van der Waals surface area contributed by atoms with Gasteiger partial charge in [0, 0.05) is 6.54 Å². The van der Waals surface area contributed by atoms with Crippen LogP contribution in [0.25, 0.3) is 0 Å². The summed E-state index contributed by atoms with van der Waals surface area (Å²) in [7, 11) is 0. The third kappa shape index (κ3) is 3.28. The Bertz CT molecular complexity index is 354. The lowest BCUT2D eigenvalue weighted by atomic mass is 10.2. The number of nitriles is 1. The summed E-state index contributed by atoms with van der Waals surface area (Å²) in [6, 6.07) is 1.66. The highest BCUT2D eigenvalue weighted by molar-refractivity contribution is 6.04. The minimum absolute atomic E-state index is 0.0151. The average Bonchev–Trinajstić information content (AvgIpc) is 2.19. The number of amides is 2. The molecule has 16 heavy (non-hydrogen) atoms. The largest absolute Gasteiger partial charge is 0.497 e. The highest BCUT2D eigenvalue weighted by Crippen LogP contribution is 2.09. The van der Waals surface area contributed by atoms with Gasteiger partial charge in [-0.05, 0) is 20.8 Å². The fourth-order valence-electron chi connectivity index (χ4n) is 1.07. The third-order valence-corrected chi connectivity index (χ3v) is 1.83. The van der Waals surface area contributed by atoms with E-state index in [4.69, 9.17) is 15.1 Å². The number of carbonyl (C=O) groups excluding carboxylic acids is 1. The van der Waals surface area contributed by atoms with Crippen molar-refractivity contribution in [3.63, 3.8) is 0 Å². The summed E-state index contributed by atoms with van der Waals surface area (Å²) in [6.07, 6.45) is -1.38. The second kappa shape index (κ2) is 6.45. The molecule has 0 atom stereocenters. The van der Waals surface area contributed by atoms with Gasteiger partial charge in [0.25, 0.3) is 5.91 Å². The van der Waals surface area contributed by atoms with Gasteiger partial charge in [-0.15, -0.1) is 0 Å². The number of nitrogens with zero attached hydrogens (tertiary/aromatic N) is 2. The molecule has 0 aliphatic rings. The van der Waals surface area contributed by atoms with Crippen LogP contribution >= 0.6 is 0 Å². The lowest BCUT2D eigenvalue weighted by Gasteiger charge is -2.15. The van der Waals surface area contributed by atoms with E-state index in [1.165, 1.54) is 13.8 Å². The van der Waals surface area contributed by atoms with Crippen LogP contribution in [0.5, 0.6) is 0 Å². The molecule has 0 aliphatic carbocycles. The summed E-state index contributed by atoms with van der Waals surface area (Å²) in [4.78, 5) is 22.9. The first-order valence-electron chi connectivity index (χ1n) is 4.78. The van der Waals surface area contributed by atoms with Crippen molar-refractivity contribution in [3.05, 3.63) is 11.3 Å². The van der Waals surface area contributed by atoms with E-state index in [0.717, 1.165) is 0 Å². The Morgan fingerprint density at radius 1 is 1.44 bits per heavy atom. The number of rotatable bonds is 4. The molecule has 0 spiro atoms. The second-order valence-corrected chi connectivity index (χ2v) is 2.81. The summed E-state index contributed by atoms with van der Waals surface area (Å²) in [5.41, 5.74) is -0.286. The lowest BCUT2D eigenvalue weighted by Crippen LogP contribution is -2.36. The number of hydrogen-bond donors (Lipinski definition) is 1. The third-order valence-electron chi connectivity index (χ3n) is 1.83. The molecule has 2 amide bonds. The first kappa shape index (κ1) is 14.0.